The van der Waals surface area contributed by atoms with Crippen LogP contribution in [-0.4, -0.2) is 17.8 Å². The minimum absolute atomic E-state index is 0.149. The van der Waals surface area contributed by atoms with Crippen LogP contribution in [0.25, 0.3) is 0 Å². The molecule has 1 N–H and O–H groups in total. The van der Waals surface area contributed by atoms with Gasteiger partial charge in [-0.25, -0.2) is 0 Å². The molecule has 0 bridgehead atoms. The highest BCUT2D eigenvalue weighted by Gasteiger charge is 2.29. The maximum Gasteiger partial charge on any atom is 0.265 e. The van der Waals surface area contributed by atoms with Gasteiger partial charge in [0, 0.05) is 22.1 Å². The van der Waals surface area contributed by atoms with Crippen LogP contribution in [-0.2, 0) is 11.2 Å². The van der Waals surface area contributed by atoms with Crippen molar-refractivity contribution in [1.29, 1.82) is 0 Å². The molecule has 1 aliphatic heterocycles. The summed E-state index contributed by atoms with van der Waals surface area (Å²) in [7, 11) is 0. The summed E-state index contributed by atoms with van der Waals surface area (Å²) in [5, 5.41) is 3.61. The van der Waals surface area contributed by atoms with E-state index in [1.54, 1.807) is 23.9 Å². The third-order valence-corrected chi connectivity index (χ3v) is 4.80. The van der Waals surface area contributed by atoms with E-state index in [-0.39, 0.29) is 5.91 Å². The van der Waals surface area contributed by atoms with Crippen LogP contribution in [0.1, 0.15) is 5.56 Å². The number of nitrogens with one attached hydrogen (secondary N) is 1. The molecule has 0 aromatic heterocycles. The molecule has 0 aliphatic carbocycles. The predicted octanol–water partition coefficient (Wildman–Crippen LogP) is 4.56. The fraction of sp³-hybridized carbons (Fsp3) is 0.167. The first-order valence-electron chi connectivity index (χ1n) is 7.26. The van der Waals surface area contributed by atoms with Gasteiger partial charge in [0.05, 0.1) is 5.69 Å². The van der Waals surface area contributed by atoms with Gasteiger partial charge in [-0.3, -0.25) is 4.79 Å². The van der Waals surface area contributed by atoms with Crippen LogP contribution in [0, 0.1) is 0 Å². The first kappa shape index (κ1) is 16.0. The zero-order valence-electron chi connectivity index (χ0n) is 12.4. The van der Waals surface area contributed by atoms with E-state index >= 15 is 0 Å². The van der Waals surface area contributed by atoms with Gasteiger partial charge in [-0.05, 0) is 35.9 Å². The highest BCUT2D eigenvalue weighted by Crippen LogP contribution is 2.32. The molecule has 2 aromatic rings. The van der Waals surface area contributed by atoms with Crippen molar-refractivity contribution in [2.75, 3.05) is 11.1 Å². The number of para-hydroxylation sites is 1. The Morgan fingerprint density at radius 3 is 3.04 bits per heavy atom. The Labute approximate surface area is 144 Å². The van der Waals surface area contributed by atoms with Crippen molar-refractivity contribution in [2.24, 2.45) is 0 Å². The number of carbonyl (C=O) groups excluding carboxylic acids is 1. The zero-order valence-corrected chi connectivity index (χ0v) is 14.0. The molecule has 0 fully saturated rings. The molecule has 1 heterocycles. The van der Waals surface area contributed by atoms with Gasteiger partial charge in [0.15, 0.2) is 6.10 Å². The quantitative estimate of drug-likeness (QED) is 0.637. The van der Waals surface area contributed by atoms with Crippen molar-refractivity contribution in [3.05, 3.63) is 65.7 Å². The SMILES string of the molecule is C=CCSc1ccccc1NC(=O)C1Cc2cc(Cl)ccc2O1. The van der Waals surface area contributed by atoms with E-state index in [1.165, 1.54) is 0 Å². The van der Waals surface area contributed by atoms with Crippen LogP contribution < -0.4 is 10.1 Å². The molecule has 0 saturated carbocycles. The molecule has 5 heteroatoms. The summed E-state index contributed by atoms with van der Waals surface area (Å²) in [6.45, 7) is 3.72. The second-order valence-corrected chi connectivity index (χ2v) is 6.65. The lowest BCUT2D eigenvalue weighted by molar-refractivity contribution is -0.122. The van der Waals surface area contributed by atoms with Crippen molar-refractivity contribution < 1.29 is 9.53 Å². The number of amides is 1. The lowest BCUT2D eigenvalue weighted by atomic mass is 10.1. The number of anilines is 1. The molecule has 2 aromatic carbocycles. The predicted molar refractivity (Wildman–Crippen MR) is 95.6 cm³/mol. The Bertz CT molecular complexity index is 748. The van der Waals surface area contributed by atoms with Crippen molar-refractivity contribution >= 4 is 35.0 Å². The number of rotatable bonds is 5. The van der Waals surface area contributed by atoms with Gasteiger partial charge in [0.25, 0.3) is 5.91 Å². The van der Waals surface area contributed by atoms with Gasteiger partial charge >= 0.3 is 0 Å². The summed E-state index contributed by atoms with van der Waals surface area (Å²) in [5.41, 5.74) is 1.76. The topological polar surface area (TPSA) is 38.3 Å². The van der Waals surface area contributed by atoms with Crippen molar-refractivity contribution in [2.45, 2.75) is 17.4 Å². The van der Waals surface area contributed by atoms with E-state index in [9.17, 15) is 4.79 Å². The summed E-state index contributed by atoms with van der Waals surface area (Å²) in [5.74, 6) is 1.37. The van der Waals surface area contributed by atoms with Crippen LogP contribution in [0.5, 0.6) is 5.75 Å². The Kier molecular flexibility index (Phi) is 4.94. The molecule has 3 nitrogen and oxygen atoms in total. The van der Waals surface area contributed by atoms with E-state index in [2.05, 4.69) is 11.9 Å². The lowest BCUT2D eigenvalue weighted by Crippen LogP contribution is -2.31. The van der Waals surface area contributed by atoms with Crippen LogP contribution in [0.15, 0.2) is 60.0 Å². The molecule has 23 heavy (non-hydrogen) atoms. The molecular weight excluding hydrogens is 330 g/mol. The van der Waals surface area contributed by atoms with Crippen molar-refractivity contribution in [3.63, 3.8) is 0 Å². The van der Waals surface area contributed by atoms with Crippen LogP contribution in [0.3, 0.4) is 0 Å². The fourth-order valence-corrected chi connectivity index (χ4v) is 3.36. The minimum atomic E-state index is -0.527. The van der Waals surface area contributed by atoms with Crippen LogP contribution >= 0.6 is 23.4 Å². The number of thioether (sulfide) groups is 1. The maximum atomic E-state index is 12.5. The van der Waals surface area contributed by atoms with E-state index in [4.69, 9.17) is 16.3 Å². The summed E-state index contributed by atoms with van der Waals surface area (Å²) in [6.07, 6.45) is 1.84. The van der Waals surface area contributed by atoms with E-state index < -0.39 is 6.10 Å². The standard InChI is InChI=1S/C18H16ClNO2S/c1-2-9-23-17-6-4-3-5-14(17)20-18(21)16-11-12-10-13(19)7-8-15(12)22-16/h2-8,10,16H,1,9,11H2,(H,20,21). The molecule has 1 atom stereocenters. The third kappa shape index (κ3) is 3.71. The first-order chi connectivity index (χ1) is 11.2. The number of carbonyl (C=O) groups is 1. The number of hydrogen-bond donors (Lipinski definition) is 1. The van der Waals surface area contributed by atoms with E-state index in [1.807, 2.05) is 36.4 Å². The number of fused-ring (bicyclic) bond motifs is 1. The molecule has 3 rings (SSSR count). The van der Waals surface area contributed by atoms with Gasteiger partial charge in [-0.15, -0.1) is 18.3 Å². The van der Waals surface area contributed by atoms with E-state index in [0.717, 1.165) is 27.6 Å². The molecule has 1 aliphatic rings. The van der Waals surface area contributed by atoms with Crippen molar-refractivity contribution in [3.8, 4) is 5.75 Å². The number of ether oxygens (including phenoxy) is 1. The normalized spacial score (nSPS) is 15.6. The monoisotopic (exact) mass is 345 g/mol. The molecule has 0 saturated heterocycles. The molecule has 1 unspecified atom stereocenters. The maximum absolute atomic E-state index is 12.5. The van der Waals surface area contributed by atoms with Crippen molar-refractivity contribution in [1.82, 2.24) is 0 Å². The highest BCUT2D eigenvalue weighted by molar-refractivity contribution is 7.99. The lowest BCUT2D eigenvalue weighted by Gasteiger charge is -2.14. The summed E-state index contributed by atoms with van der Waals surface area (Å²) in [6, 6.07) is 13.1. The first-order valence-corrected chi connectivity index (χ1v) is 8.62. The molecule has 118 valence electrons. The smallest absolute Gasteiger partial charge is 0.265 e. The molecular formula is C18H16ClNO2S. The Morgan fingerprint density at radius 2 is 2.22 bits per heavy atom. The Morgan fingerprint density at radius 1 is 1.39 bits per heavy atom. The third-order valence-electron chi connectivity index (χ3n) is 3.49. The molecule has 0 radical (unpaired) electrons. The second kappa shape index (κ2) is 7.11. The van der Waals surface area contributed by atoms with Gasteiger partial charge < -0.3 is 10.1 Å². The summed E-state index contributed by atoms with van der Waals surface area (Å²) >= 11 is 7.61. The number of benzene rings is 2. The number of hydrogen-bond acceptors (Lipinski definition) is 3. The minimum Gasteiger partial charge on any atom is -0.480 e. The molecule has 0 spiro atoms. The van der Waals surface area contributed by atoms with Gasteiger partial charge in [0.2, 0.25) is 0 Å². The fourth-order valence-electron chi connectivity index (χ4n) is 2.42. The largest absolute Gasteiger partial charge is 0.480 e. The van der Waals surface area contributed by atoms with Gasteiger partial charge in [0.1, 0.15) is 5.75 Å². The van der Waals surface area contributed by atoms with Crippen LogP contribution in [0.4, 0.5) is 5.69 Å². The summed E-state index contributed by atoms with van der Waals surface area (Å²) < 4.78 is 5.72. The highest BCUT2D eigenvalue weighted by atomic mass is 35.5. The average molecular weight is 346 g/mol. The second-order valence-electron chi connectivity index (χ2n) is 5.15. The Hall–Kier alpha value is -1.91. The van der Waals surface area contributed by atoms with E-state index in [0.29, 0.717) is 11.4 Å². The average Bonchev–Trinajstić information content (AvgIpc) is 2.97. The summed E-state index contributed by atoms with van der Waals surface area (Å²) in [4.78, 5) is 13.5. The van der Waals surface area contributed by atoms with Crippen LogP contribution in [0.2, 0.25) is 5.02 Å². The molecule has 1 amide bonds. The zero-order chi connectivity index (χ0) is 16.2. The number of halogens is 1. The van der Waals surface area contributed by atoms with Gasteiger partial charge in [-0.2, -0.15) is 0 Å². The van der Waals surface area contributed by atoms with Gasteiger partial charge in [-0.1, -0.05) is 29.8 Å². The Balaban J connectivity index is 1.70.